The standard InChI is InChI=1S/C22H27N5O4/c23-7-1-9-25-13-3-4-14-18-17(13)22(31)20-16(30)6-5-15(29)19(20)21(18)26-27(14)11-2-8-24-10-12-28/h3-6,24,26,28,30-31H,1-2,7-12,23H2. The van der Waals surface area contributed by atoms with Crippen molar-refractivity contribution in [3.05, 3.63) is 39.8 Å². The molecule has 164 valence electrons. The van der Waals surface area contributed by atoms with E-state index in [1.807, 2.05) is 16.8 Å². The van der Waals surface area contributed by atoms with Crippen molar-refractivity contribution in [3.63, 3.8) is 0 Å². The summed E-state index contributed by atoms with van der Waals surface area (Å²) in [5.41, 5.74) is 6.71. The van der Waals surface area contributed by atoms with E-state index >= 15 is 0 Å². The van der Waals surface area contributed by atoms with Gasteiger partial charge in [-0.15, -0.1) is 0 Å². The van der Waals surface area contributed by atoms with Crippen LogP contribution >= 0.6 is 0 Å². The summed E-state index contributed by atoms with van der Waals surface area (Å²) in [4.78, 5) is 17.3. The molecule has 0 aliphatic heterocycles. The van der Waals surface area contributed by atoms with Crippen LogP contribution in [0.15, 0.2) is 34.1 Å². The third-order valence-corrected chi connectivity index (χ3v) is 5.49. The zero-order chi connectivity index (χ0) is 22.0. The van der Waals surface area contributed by atoms with Crippen LogP contribution in [-0.4, -0.2) is 57.9 Å². The summed E-state index contributed by atoms with van der Waals surface area (Å²) in [6, 6.07) is 6.37. The lowest BCUT2D eigenvalue weighted by Crippen LogP contribution is -2.20. The summed E-state index contributed by atoms with van der Waals surface area (Å²) < 4.78 is 1.93. The van der Waals surface area contributed by atoms with E-state index < -0.39 is 0 Å². The number of aromatic amines is 1. The molecule has 0 aliphatic rings. The molecule has 7 N–H and O–H groups in total. The highest BCUT2D eigenvalue weighted by Gasteiger charge is 2.21. The van der Waals surface area contributed by atoms with Crippen LogP contribution in [0.25, 0.3) is 32.6 Å². The number of phenols is 2. The molecule has 9 heteroatoms. The first-order valence-electron chi connectivity index (χ1n) is 10.5. The predicted octanol–water partition coefficient (Wildman–Crippen LogP) is 0.706. The number of H-pyrrole nitrogens is 1. The Morgan fingerprint density at radius 2 is 1.87 bits per heavy atom. The van der Waals surface area contributed by atoms with Crippen molar-refractivity contribution >= 4 is 32.6 Å². The van der Waals surface area contributed by atoms with Gasteiger partial charge in [0.05, 0.1) is 39.2 Å². The summed E-state index contributed by atoms with van der Waals surface area (Å²) in [7, 11) is 0. The minimum absolute atomic E-state index is 0.0875. The number of aromatic nitrogens is 2. The molecule has 0 amide bonds. The number of nitrogens with one attached hydrogen (secondary N) is 2. The Morgan fingerprint density at radius 1 is 1.03 bits per heavy atom. The zero-order valence-electron chi connectivity index (χ0n) is 17.2. The molecule has 0 saturated heterocycles. The van der Waals surface area contributed by atoms with Gasteiger partial charge in [0.2, 0.25) is 0 Å². The molecule has 1 aromatic heterocycles. The van der Waals surface area contributed by atoms with E-state index in [9.17, 15) is 15.0 Å². The second-order valence-corrected chi connectivity index (χ2v) is 7.52. The molecule has 0 fully saturated rings. The fourth-order valence-corrected chi connectivity index (χ4v) is 4.08. The van der Waals surface area contributed by atoms with E-state index in [0.717, 1.165) is 18.5 Å². The molecular formula is C22H27N5O4. The molecular weight excluding hydrogens is 398 g/mol. The molecule has 0 saturated carbocycles. The molecule has 1 heterocycles. The van der Waals surface area contributed by atoms with Gasteiger partial charge < -0.3 is 26.4 Å². The fraction of sp³-hybridized carbons (Fsp3) is 0.364. The maximum Gasteiger partial charge on any atom is 0.189 e. The van der Waals surface area contributed by atoms with E-state index in [-0.39, 0.29) is 34.3 Å². The minimum atomic E-state index is -0.282. The monoisotopic (exact) mass is 425 g/mol. The number of nitrogens with zero attached hydrogens (tertiary/aromatic N) is 2. The molecule has 9 nitrogen and oxygen atoms in total. The molecule has 0 spiro atoms. The van der Waals surface area contributed by atoms with Crippen molar-refractivity contribution in [2.45, 2.75) is 19.4 Å². The van der Waals surface area contributed by atoms with E-state index in [1.54, 1.807) is 0 Å². The molecule has 0 atom stereocenters. The molecule has 0 bridgehead atoms. The van der Waals surface area contributed by atoms with Gasteiger partial charge >= 0.3 is 0 Å². The summed E-state index contributed by atoms with van der Waals surface area (Å²) in [5.74, 6) is -0.303. The number of phenolic OH excluding ortho intramolecular Hbond substituents is 2. The number of aliphatic hydroxyl groups is 1. The van der Waals surface area contributed by atoms with E-state index in [0.29, 0.717) is 54.2 Å². The average molecular weight is 425 g/mol. The van der Waals surface area contributed by atoms with Crippen molar-refractivity contribution in [3.8, 4) is 11.5 Å². The maximum absolute atomic E-state index is 12.7. The van der Waals surface area contributed by atoms with E-state index in [4.69, 9.17) is 10.8 Å². The number of aliphatic hydroxyl groups excluding tert-OH is 1. The van der Waals surface area contributed by atoms with Crippen molar-refractivity contribution in [1.29, 1.82) is 0 Å². The molecule has 4 rings (SSSR count). The van der Waals surface area contributed by atoms with Crippen LogP contribution < -0.4 is 21.8 Å². The molecule has 0 unspecified atom stereocenters. The Labute approximate surface area is 177 Å². The maximum atomic E-state index is 12.7. The van der Waals surface area contributed by atoms with Gasteiger partial charge in [0.25, 0.3) is 0 Å². The van der Waals surface area contributed by atoms with Crippen LogP contribution in [0.4, 0.5) is 0 Å². The average Bonchev–Trinajstić information content (AvgIpc) is 3.13. The molecule has 0 radical (unpaired) electrons. The molecule has 31 heavy (non-hydrogen) atoms. The van der Waals surface area contributed by atoms with Crippen LogP contribution in [0.5, 0.6) is 11.5 Å². The van der Waals surface area contributed by atoms with Gasteiger partial charge in [0, 0.05) is 25.0 Å². The van der Waals surface area contributed by atoms with Crippen molar-refractivity contribution in [2.24, 2.45) is 10.7 Å². The Morgan fingerprint density at radius 3 is 2.65 bits per heavy atom. The van der Waals surface area contributed by atoms with Gasteiger partial charge in [0.15, 0.2) is 5.43 Å². The van der Waals surface area contributed by atoms with E-state index in [2.05, 4.69) is 15.4 Å². The number of benzene rings is 3. The SMILES string of the molecule is NCCCN=c1ccc2c3c1c(O)c1c(O)ccc(=O)c1c3[nH]n2CCCNCCO. The summed E-state index contributed by atoms with van der Waals surface area (Å²) >= 11 is 0. The first-order chi connectivity index (χ1) is 15.1. The molecule has 0 aliphatic carbocycles. The van der Waals surface area contributed by atoms with Crippen molar-refractivity contribution < 1.29 is 15.3 Å². The fourth-order valence-electron chi connectivity index (χ4n) is 4.08. The quantitative estimate of drug-likeness (QED) is 0.172. The second kappa shape index (κ2) is 8.93. The van der Waals surface area contributed by atoms with Crippen molar-refractivity contribution in [2.75, 3.05) is 32.8 Å². The largest absolute Gasteiger partial charge is 0.507 e. The number of nitrogens with two attached hydrogens (primary N) is 1. The Balaban J connectivity index is 1.98. The number of rotatable bonds is 9. The lowest BCUT2D eigenvalue weighted by Gasteiger charge is -2.09. The van der Waals surface area contributed by atoms with Gasteiger partial charge in [-0.05, 0) is 50.2 Å². The smallest absolute Gasteiger partial charge is 0.189 e. The van der Waals surface area contributed by atoms with Gasteiger partial charge in [-0.1, -0.05) is 0 Å². The summed E-state index contributed by atoms with van der Waals surface area (Å²) in [6.45, 7) is 3.02. The number of aryl methyl sites for hydroxylation is 1. The Kier molecular flexibility index (Phi) is 6.08. The topological polar surface area (TPSA) is 149 Å². The zero-order valence-corrected chi connectivity index (χ0v) is 17.2. The number of fused-ring (bicyclic) bond motifs is 2. The number of hydrogen-bond acceptors (Lipinski definition) is 7. The summed E-state index contributed by atoms with van der Waals surface area (Å²) in [5, 5.41) is 39.1. The van der Waals surface area contributed by atoms with Gasteiger partial charge in [-0.25, -0.2) is 0 Å². The summed E-state index contributed by atoms with van der Waals surface area (Å²) in [6.07, 6.45) is 1.51. The van der Waals surface area contributed by atoms with Gasteiger partial charge in [-0.3, -0.25) is 19.6 Å². The van der Waals surface area contributed by atoms with Crippen LogP contribution in [-0.2, 0) is 6.54 Å². The predicted molar refractivity (Wildman–Crippen MR) is 121 cm³/mol. The van der Waals surface area contributed by atoms with Crippen LogP contribution in [0.3, 0.4) is 0 Å². The molecule has 3 aromatic carbocycles. The van der Waals surface area contributed by atoms with Gasteiger partial charge in [0.1, 0.15) is 11.5 Å². The third-order valence-electron chi connectivity index (χ3n) is 5.49. The van der Waals surface area contributed by atoms with Crippen molar-refractivity contribution in [1.82, 2.24) is 15.1 Å². The highest BCUT2D eigenvalue weighted by Crippen LogP contribution is 2.41. The highest BCUT2D eigenvalue weighted by atomic mass is 16.3. The number of aromatic hydroxyl groups is 2. The van der Waals surface area contributed by atoms with Crippen LogP contribution in [0.1, 0.15) is 12.8 Å². The Bertz CT molecular complexity index is 1340. The van der Waals surface area contributed by atoms with Crippen LogP contribution in [0, 0.1) is 0 Å². The normalized spacial score (nSPS) is 12.6. The van der Waals surface area contributed by atoms with E-state index in [1.165, 1.54) is 12.1 Å². The van der Waals surface area contributed by atoms with Gasteiger partial charge in [-0.2, -0.15) is 0 Å². The first kappa shape index (κ1) is 21.1. The number of hydrogen-bond donors (Lipinski definition) is 6. The third kappa shape index (κ3) is 3.71. The second-order valence-electron chi connectivity index (χ2n) is 7.52. The lowest BCUT2D eigenvalue weighted by atomic mass is 9.99. The Hall–Kier alpha value is -3.14. The highest BCUT2D eigenvalue weighted by molar-refractivity contribution is 6.23. The minimum Gasteiger partial charge on any atom is -0.507 e. The first-order valence-corrected chi connectivity index (χ1v) is 10.5. The lowest BCUT2D eigenvalue weighted by molar-refractivity contribution is 0.291. The van der Waals surface area contributed by atoms with Crippen LogP contribution in [0.2, 0.25) is 0 Å². The molecule has 4 aromatic rings.